The molecule has 2 aromatic rings. The number of carbonyl (C=O) groups is 1. The molecule has 24 heavy (non-hydrogen) atoms. The molecule has 0 saturated heterocycles. The molecule has 4 nitrogen and oxygen atoms in total. The highest BCUT2D eigenvalue weighted by molar-refractivity contribution is 8.00. The van der Waals surface area contributed by atoms with Crippen molar-refractivity contribution in [3.63, 3.8) is 0 Å². The maximum Gasteiger partial charge on any atom is 0.233 e. The molecule has 0 aromatic carbocycles. The van der Waals surface area contributed by atoms with Crippen LogP contribution in [0.15, 0.2) is 11.4 Å². The lowest BCUT2D eigenvalue weighted by Crippen LogP contribution is -2.39. The van der Waals surface area contributed by atoms with Gasteiger partial charge in [-0.15, -0.1) is 11.3 Å². The van der Waals surface area contributed by atoms with E-state index >= 15 is 0 Å². The van der Waals surface area contributed by atoms with Gasteiger partial charge in [-0.3, -0.25) is 4.79 Å². The van der Waals surface area contributed by atoms with Crippen LogP contribution in [0.3, 0.4) is 0 Å². The van der Waals surface area contributed by atoms with Crippen LogP contribution in [0.1, 0.15) is 55.9 Å². The lowest BCUT2D eigenvalue weighted by Gasteiger charge is -2.19. The zero-order valence-corrected chi connectivity index (χ0v) is 16.2. The molecule has 130 valence electrons. The molecule has 0 bridgehead atoms. The fourth-order valence-electron chi connectivity index (χ4n) is 3.20. The third-order valence-corrected chi connectivity index (χ3v) is 7.01. The average molecular weight is 364 g/mol. The number of hydrogen-bond acceptors (Lipinski definition) is 5. The molecule has 1 saturated carbocycles. The monoisotopic (exact) mass is 363 g/mol. The third-order valence-electron chi connectivity index (χ3n) is 4.79. The van der Waals surface area contributed by atoms with E-state index in [0.717, 1.165) is 28.1 Å². The fraction of sp³-hybridized carbons (Fsp3) is 0.611. The standard InChI is InChI=1S/C18H25N3OS2/c1-11-12(2)23-17-15(11)18(20-10-19-17)24-13(3)16(22)21-14-8-6-4-5-7-9-14/h10,13-14H,4-9H2,1-3H3,(H,21,22)/t13-/m0/s1. The number of thiophene rings is 1. The number of fused-ring (bicyclic) bond motifs is 1. The average Bonchev–Trinajstić information content (AvgIpc) is 2.74. The molecular weight excluding hydrogens is 338 g/mol. The Hall–Kier alpha value is -1.14. The number of nitrogens with one attached hydrogen (secondary N) is 1. The minimum Gasteiger partial charge on any atom is -0.352 e. The van der Waals surface area contributed by atoms with Crippen molar-refractivity contribution in [3.8, 4) is 0 Å². The number of carbonyl (C=O) groups excluding carboxylic acids is 1. The number of nitrogens with zero attached hydrogens (tertiary/aromatic N) is 2. The van der Waals surface area contributed by atoms with E-state index < -0.39 is 0 Å². The summed E-state index contributed by atoms with van der Waals surface area (Å²) in [6, 6.07) is 0.346. The van der Waals surface area contributed by atoms with Gasteiger partial charge in [0, 0.05) is 16.3 Å². The largest absolute Gasteiger partial charge is 0.352 e. The summed E-state index contributed by atoms with van der Waals surface area (Å²) in [5.41, 5.74) is 1.23. The molecule has 0 radical (unpaired) electrons. The minimum atomic E-state index is -0.147. The summed E-state index contributed by atoms with van der Waals surface area (Å²) in [5, 5.41) is 5.13. The van der Waals surface area contributed by atoms with Crippen LogP contribution >= 0.6 is 23.1 Å². The van der Waals surface area contributed by atoms with E-state index in [2.05, 4.69) is 29.1 Å². The topological polar surface area (TPSA) is 54.9 Å². The highest BCUT2D eigenvalue weighted by Gasteiger charge is 2.22. The fourth-order valence-corrected chi connectivity index (χ4v) is 5.25. The molecule has 2 aromatic heterocycles. The van der Waals surface area contributed by atoms with E-state index in [1.54, 1.807) is 29.4 Å². The SMILES string of the molecule is Cc1sc2ncnc(S[C@@H](C)C(=O)NC3CCCCCC3)c2c1C. The normalized spacial score (nSPS) is 17.6. The van der Waals surface area contributed by atoms with Gasteiger partial charge in [0.1, 0.15) is 16.2 Å². The molecule has 1 fully saturated rings. The van der Waals surface area contributed by atoms with Gasteiger partial charge in [-0.05, 0) is 39.2 Å². The van der Waals surface area contributed by atoms with E-state index in [-0.39, 0.29) is 11.2 Å². The van der Waals surface area contributed by atoms with Crippen molar-refractivity contribution >= 4 is 39.2 Å². The highest BCUT2D eigenvalue weighted by Crippen LogP contribution is 2.36. The Labute approximate surface area is 151 Å². The Kier molecular flexibility index (Phi) is 5.76. The summed E-state index contributed by atoms with van der Waals surface area (Å²) < 4.78 is 0. The van der Waals surface area contributed by atoms with E-state index in [1.807, 2.05) is 6.92 Å². The van der Waals surface area contributed by atoms with Crippen LogP contribution < -0.4 is 5.32 Å². The van der Waals surface area contributed by atoms with Gasteiger partial charge >= 0.3 is 0 Å². The van der Waals surface area contributed by atoms with Crippen molar-refractivity contribution in [2.45, 2.75) is 75.6 Å². The van der Waals surface area contributed by atoms with Gasteiger partial charge in [0.25, 0.3) is 0 Å². The molecule has 6 heteroatoms. The van der Waals surface area contributed by atoms with Gasteiger partial charge in [0.05, 0.1) is 5.25 Å². The number of amides is 1. The van der Waals surface area contributed by atoms with E-state index in [1.165, 1.54) is 36.1 Å². The molecule has 1 aliphatic rings. The second-order valence-corrected chi connectivity index (χ2v) is 9.13. The van der Waals surface area contributed by atoms with E-state index in [0.29, 0.717) is 6.04 Å². The number of hydrogen-bond donors (Lipinski definition) is 1. The van der Waals surface area contributed by atoms with E-state index in [4.69, 9.17) is 0 Å². The number of rotatable bonds is 4. The first-order chi connectivity index (χ1) is 11.6. The summed E-state index contributed by atoms with van der Waals surface area (Å²) in [7, 11) is 0. The molecule has 1 amide bonds. The van der Waals surface area contributed by atoms with Gasteiger partial charge < -0.3 is 5.32 Å². The summed E-state index contributed by atoms with van der Waals surface area (Å²) in [6.45, 7) is 6.19. The minimum absolute atomic E-state index is 0.128. The maximum absolute atomic E-state index is 12.6. The summed E-state index contributed by atoms with van der Waals surface area (Å²) in [5.74, 6) is 0.128. The van der Waals surface area contributed by atoms with E-state index in [9.17, 15) is 4.79 Å². The van der Waals surface area contributed by atoms with Crippen molar-refractivity contribution in [2.75, 3.05) is 0 Å². The van der Waals surface area contributed by atoms with Crippen molar-refractivity contribution in [1.82, 2.24) is 15.3 Å². The molecule has 1 atom stereocenters. The van der Waals surface area contributed by atoms with Crippen LogP contribution in [0.4, 0.5) is 0 Å². The van der Waals surface area contributed by atoms with Crippen LogP contribution in [0.5, 0.6) is 0 Å². The zero-order valence-electron chi connectivity index (χ0n) is 14.6. The van der Waals surface area contributed by atoms with Crippen molar-refractivity contribution in [1.29, 1.82) is 0 Å². The molecule has 1 N–H and O–H groups in total. The third kappa shape index (κ3) is 3.91. The molecule has 0 spiro atoms. The second-order valence-electron chi connectivity index (χ2n) is 6.60. The van der Waals surface area contributed by atoms with Gasteiger partial charge in [-0.1, -0.05) is 37.4 Å². The lowest BCUT2D eigenvalue weighted by molar-refractivity contribution is -0.121. The van der Waals surface area contributed by atoms with Gasteiger partial charge in [-0.2, -0.15) is 0 Å². The summed E-state index contributed by atoms with van der Waals surface area (Å²) in [4.78, 5) is 23.7. The molecule has 0 aliphatic heterocycles. The Morgan fingerprint density at radius 1 is 1.25 bits per heavy atom. The Bertz CT molecular complexity index is 720. The Morgan fingerprint density at radius 2 is 1.96 bits per heavy atom. The Balaban J connectivity index is 1.70. The molecule has 0 unspecified atom stereocenters. The van der Waals surface area contributed by atoms with Crippen LogP contribution in [0, 0.1) is 13.8 Å². The summed E-state index contributed by atoms with van der Waals surface area (Å²) in [6.07, 6.45) is 8.89. The van der Waals surface area contributed by atoms with Crippen LogP contribution in [0.25, 0.3) is 10.2 Å². The quantitative estimate of drug-likeness (QED) is 0.489. The smallest absolute Gasteiger partial charge is 0.233 e. The van der Waals surface area contributed by atoms with Crippen molar-refractivity contribution in [3.05, 3.63) is 16.8 Å². The van der Waals surface area contributed by atoms with Gasteiger partial charge in [0.2, 0.25) is 5.91 Å². The van der Waals surface area contributed by atoms with Gasteiger partial charge in [-0.25, -0.2) is 9.97 Å². The molecule has 3 rings (SSSR count). The van der Waals surface area contributed by atoms with Crippen LogP contribution in [-0.4, -0.2) is 27.2 Å². The zero-order chi connectivity index (χ0) is 17.1. The molecule has 1 aliphatic carbocycles. The number of thioether (sulfide) groups is 1. The Morgan fingerprint density at radius 3 is 2.67 bits per heavy atom. The van der Waals surface area contributed by atoms with Crippen LogP contribution in [-0.2, 0) is 4.79 Å². The number of aryl methyl sites for hydroxylation is 2. The predicted octanol–water partition coefficient (Wildman–Crippen LogP) is 4.63. The first-order valence-corrected chi connectivity index (χ1v) is 10.4. The van der Waals surface area contributed by atoms with Gasteiger partial charge in [0.15, 0.2) is 0 Å². The maximum atomic E-state index is 12.6. The first kappa shape index (κ1) is 17.7. The second kappa shape index (κ2) is 7.83. The highest BCUT2D eigenvalue weighted by atomic mass is 32.2. The van der Waals surface area contributed by atoms with Crippen molar-refractivity contribution in [2.24, 2.45) is 0 Å². The molecular formula is C18H25N3OS2. The number of aromatic nitrogens is 2. The molecule has 2 heterocycles. The lowest BCUT2D eigenvalue weighted by atomic mass is 10.1. The summed E-state index contributed by atoms with van der Waals surface area (Å²) >= 11 is 3.24. The van der Waals surface area contributed by atoms with Crippen LogP contribution in [0.2, 0.25) is 0 Å². The first-order valence-electron chi connectivity index (χ1n) is 8.74. The predicted molar refractivity (Wildman–Crippen MR) is 102 cm³/mol. The van der Waals surface area contributed by atoms with Crippen molar-refractivity contribution < 1.29 is 4.79 Å².